The number of unbranched alkanes of at least 4 members (excludes halogenated alkanes) is 1. The van der Waals surface area contributed by atoms with Crippen molar-refractivity contribution in [3.63, 3.8) is 0 Å². The lowest BCUT2D eigenvalue weighted by Gasteiger charge is -2.50. The Morgan fingerprint density at radius 2 is 2.03 bits per heavy atom. The zero-order chi connectivity index (χ0) is 25.3. The average Bonchev–Trinajstić information content (AvgIpc) is 3.14. The standard InChI is InChI=1S/C31H38FNO3/c1-31-15-14-26-25-13-11-24(36-2)17-21(25)10-12-27(26)30(31)22(18-28(31)34)7-3-4-9-29(35)33-19-20-6-5-8-23(32)16-20/h5-6,8,11,13,16-17,22,26-27,30H,3-4,7,9-10,12,14-15,18-19H2,1-2H3,(H,33,35)/t22-,26?,27?,30?,31-/m1/s1. The SMILES string of the molecule is COc1ccc2c(c1)CCC1C2CC[C@]2(C)C(=O)C[C@@H](CCCCC(=O)NCc3cccc(F)c3)C12. The molecule has 0 saturated heterocycles. The van der Waals surface area contributed by atoms with Crippen LogP contribution < -0.4 is 10.1 Å². The molecule has 1 amide bonds. The Morgan fingerprint density at radius 3 is 2.83 bits per heavy atom. The van der Waals surface area contributed by atoms with Crippen LogP contribution in [0.25, 0.3) is 0 Å². The minimum Gasteiger partial charge on any atom is -0.497 e. The van der Waals surface area contributed by atoms with Crippen LogP contribution in [0.4, 0.5) is 4.39 Å². The molecule has 0 heterocycles. The first-order valence-electron chi connectivity index (χ1n) is 13.6. The highest BCUT2D eigenvalue weighted by atomic mass is 19.1. The van der Waals surface area contributed by atoms with E-state index in [1.807, 2.05) is 6.07 Å². The molecular formula is C31H38FNO3. The van der Waals surface area contributed by atoms with Crippen molar-refractivity contribution >= 4 is 11.7 Å². The lowest BCUT2D eigenvalue weighted by Crippen LogP contribution is -2.44. The predicted octanol–water partition coefficient (Wildman–Crippen LogP) is 6.36. The second kappa shape index (κ2) is 10.4. The van der Waals surface area contributed by atoms with Gasteiger partial charge in [-0.3, -0.25) is 9.59 Å². The van der Waals surface area contributed by atoms with Crippen LogP contribution in [0.1, 0.15) is 80.9 Å². The summed E-state index contributed by atoms with van der Waals surface area (Å²) in [5.74, 6) is 3.09. The fraction of sp³-hybridized carbons (Fsp3) is 0.548. The van der Waals surface area contributed by atoms with Crippen LogP contribution in [-0.4, -0.2) is 18.8 Å². The lowest BCUT2D eigenvalue weighted by atomic mass is 9.54. The molecule has 2 saturated carbocycles. The summed E-state index contributed by atoms with van der Waals surface area (Å²) in [4.78, 5) is 25.5. The molecule has 3 aliphatic carbocycles. The maximum atomic E-state index is 13.3. The third kappa shape index (κ3) is 4.81. The number of methoxy groups -OCH3 is 1. The second-order valence-electron chi connectivity index (χ2n) is 11.4. The van der Waals surface area contributed by atoms with E-state index in [4.69, 9.17) is 4.74 Å². The van der Waals surface area contributed by atoms with Gasteiger partial charge in [0.15, 0.2) is 0 Å². The summed E-state index contributed by atoms with van der Waals surface area (Å²) in [5, 5.41) is 2.90. The van der Waals surface area contributed by atoms with Gasteiger partial charge in [0.2, 0.25) is 5.91 Å². The number of carbonyl (C=O) groups is 2. The number of ether oxygens (including phenoxy) is 1. The third-order valence-electron chi connectivity index (χ3n) is 9.39. The molecule has 4 nitrogen and oxygen atoms in total. The predicted molar refractivity (Wildman–Crippen MR) is 138 cm³/mol. The van der Waals surface area contributed by atoms with E-state index < -0.39 is 0 Å². The molecule has 5 rings (SSSR count). The van der Waals surface area contributed by atoms with Gasteiger partial charge in [0.05, 0.1) is 7.11 Å². The highest BCUT2D eigenvalue weighted by Gasteiger charge is 2.58. The van der Waals surface area contributed by atoms with Crippen molar-refractivity contribution in [2.45, 2.75) is 77.2 Å². The molecule has 2 fully saturated rings. The van der Waals surface area contributed by atoms with Crippen molar-refractivity contribution in [3.05, 3.63) is 65.0 Å². The van der Waals surface area contributed by atoms with Gasteiger partial charge < -0.3 is 10.1 Å². The van der Waals surface area contributed by atoms with Crippen molar-refractivity contribution in [2.75, 3.05) is 7.11 Å². The van der Waals surface area contributed by atoms with E-state index in [1.54, 1.807) is 13.2 Å². The summed E-state index contributed by atoms with van der Waals surface area (Å²) in [6, 6.07) is 12.9. The van der Waals surface area contributed by atoms with Gasteiger partial charge in [0.1, 0.15) is 17.3 Å². The van der Waals surface area contributed by atoms with E-state index in [9.17, 15) is 14.0 Å². The monoisotopic (exact) mass is 491 g/mol. The zero-order valence-corrected chi connectivity index (χ0v) is 21.5. The molecule has 36 heavy (non-hydrogen) atoms. The van der Waals surface area contributed by atoms with Crippen LogP contribution in [0.3, 0.4) is 0 Å². The number of hydrogen-bond donors (Lipinski definition) is 1. The first-order chi connectivity index (χ1) is 17.4. The van der Waals surface area contributed by atoms with Crippen molar-refractivity contribution in [3.8, 4) is 5.75 Å². The van der Waals surface area contributed by atoms with E-state index in [0.717, 1.165) is 56.3 Å². The molecule has 0 radical (unpaired) electrons. The Morgan fingerprint density at radius 1 is 1.17 bits per heavy atom. The zero-order valence-electron chi connectivity index (χ0n) is 21.5. The summed E-state index contributed by atoms with van der Waals surface area (Å²) in [6.45, 7) is 2.59. The van der Waals surface area contributed by atoms with Crippen molar-refractivity contribution in [1.82, 2.24) is 5.32 Å². The van der Waals surface area contributed by atoms with Gasteiger partial charge in [-0.15, -0.1) is 0 Å². The van der Waals surface area contributed by atoms with Crippen molar-refractivity contribution in [1.29, 1.82) is 0 Å². The van der Waals surface area contributed by atoms with E-state index in [2.05, 4.69) is 30.4 Å². The van der Waals surface area contributed by atoms with Crippen LogP contribution in [0.15, 0.2) is 42.5 Å². The second-order valence-corrected chi connectivity index (χ2v) is 11.4. The first-order valence-corrected chi connectivity index (χ1v) is 13.6. The smallest absolute Gasteiger partial charge is 0.220 e. The molecule has 0 spiro atoms. The largest absolute Gasteiger partial charge is 0.497 e. The first kappa shape index (κ1) is 25.0. The fourth-order valence-corrected chi connectivity index (χ4v) is 7.64. The van der Waals surface area contributed by atoms with Gasteiger partial charge >= 0.3 is 0 Å². The molecule has 3 unspecified atom stereocenters. The number of ketones is 1. The van der Waals surface area contributed by atoms with Gasteiger partial charge in [0.25, 0.3) is 0 Å². The molecule has 0 aromatic heterocycles. The minimum absolute atomic E-state index is 0.00337. The minimum atomic E-state index is -0.286. The fourth-order valence-electron chi connectivity index (χ4n) is 7.64. The number of fused-ring (bicyclic) bond motifs is 5. The molecule has 3 aliphatic rings. The van der Waals surface area contributed by atoms with E-state index in [0.29, 0.717) is 48.8 Å². The van der Waals surface area contributed by atoms with Crippen molar-refractivity contribution < 1.29 is 18.7 Å². The van der Waals surface area contributed by atoms with E-state index in [-0.39, 0.29) is 17.1 Å². The molecular weight excluding hydrogens is 453 g/mol. The highest BCUT2D eigenvalue weighted by molar-refractivity contribution is 5.87. The number of Topliss-reactive ketones (excluding diaryl/α,β-unsaturated/α-hetero) is 1. The van der Waals surface area contributed by atoms with Gasteiger partial charge in [-0.2, -0.15) is 0 Å². The summed E-state index contributed by atoms with van der Waals surface area (Å²) in [6.07, 6.45) is 8.27. The van der Waals surface area contributed by atoms with Crippen LogP contribution in [0.5, 0.6) is 5.75 Å². The van der Waals surface area contributed by atoms with E-state index >= 15 is 0 Å². The molecule has 2 aromatic carbocycles. The molecule has 1 N–H and O–H groups in total. The molecule has 2 aromatic rings. The molecule has 5 heteroatoms. The lowest BCUT2D eigenvalue weighted by molar-refractivity contribution is -0.129. The summed E-state index contributed by atoms with van der Waals surface area (Å²) in [7, 11) is 1.72. The van der Waals surface area contributed by atoms with Gasteiger partial charge in [-0.05, 0) is 103 Å². The normalized spacial score (nSPS) is 28.7. The number of carbonyl (C=O) groups excluding carboxylic acids is 2. The van der Waals surface area contributed by atoms with Crippen LogP contribution in [0, 0.1) is 29.0 Å². The Bertz CT molecular complexity index is 1130. The molecule has 0 bridgehead atoms. The maximum absolute atomic E-state index is 13.3. The Hall–Kier alpha value is -2.69. The van der Waals surface area contributed by atoms with Gasteiger partial charge in [-0.25, -0.2) is 4.39 Å². The third-order valence-corrected chi connectivity index (χ3v) is 9.39. The number of aryl methyl sites for hydroxylation is 1. The Kier molecular flexibility index (Phi) is 7.18. The molecule has 192 valence electrons. The number of rotatable bonds is 8. The Balaban J connectivity index is 1.18. The summed E-state index contributed by atoms with van der Waals surface area (Å²) < 4.78 is 18.8. The molecule has 0 aliphatic heterocycles. The van der Waals surface area contributed by atoms with Crippen LogP contribution >= 0.6 is 0 Å². The number of hydrogen-bond acceptors (Lipinski definition) is 3. The average molecular weight is 492 g/mol. The Labute approximate surface area is 214 Å². The van der Waals surface area contributed by atoms with Crippen LogP contribution in [0.2, 0.25) is 0 Å². The van der Waals surface area contributed by atoms with Crippen molar-refractivity contribution in [2.24, 2.45) is 23.2 Å². The summed E-state index contributed by atoms with van der Waals surface area (Å²) in [5.41, 5.74) is 3.48. The maximum Gasteiger partial charge on any atom is 0.220 e. The number of benzene rings is 2. The number of halogens is 1. The van der Waals surface area contributed by atoms with Gasteiger partial charge in [-0.1, -0.05) is 31.5 Å². The number of amides is 1. The van der Waals surface area contributed by atoms with Crippen LogP contribution in [-0.2, 0) is 22.6 Å². The quantitative estimate of drug-likeness (QED) is 0.437. The van der Waals surface area contributed by atoms with Gasteiger partial charge in [0, 0.05) is 24.8 Å². The highest BCUT2D eigenvalue weighted by Crippen LogP contribution is 2.62. The number of nitrogens with one attached hydrogen (secondary N) is 1. The van der Waals surface area contributed by atoms with E-state index in [1.165, 1.54) is 23.3 Å². The topological polar surface area (TPSA) is 55.4 Å². The molecule has 5 atom stereocenters. The summed E-state index contributed by atoms with van der Waals surface area (Å²) >= 11 is 0.